The van der Waals surface area contributed by atoms with Crippen LogP contribution in [0.5, 0.6) is 0 Å². The third-order valence-corrected chi connectivity index (χ3v) is 8.92. The van der Waals surface area contributed by atoms with Gasteiger partial charge in [-0.25, -0.2) is 0 Å². The van der Waals surface area contributed by atoms with Gasteiger partial charge in [-0.3, -0.25) is 0 Å². The van der Waals surface area contributed by atoms with E-state index in [4.69, 9.17) is 44.3 Å². The van der Waals surface area contributed by atoms with Crippen LogP contribution in [0.25, 0.3) is 0 Å². The van der Waals surface area contributed by atoms with Crippen LogP contribution >= 0.6 is 44.3 Å². The summed E-state index contributed by atoms with van der Waals surface area (Å²) in [4.78, 5) is 0. The summed E-state index contributed by atoms with van der Waals surface area (Å²) in [6.07, 6.45) is 0. The van der Waals surface area contributed by atoms with Gasteiger partial charge in [0.15, 0.2) is 0 Å². The van der Waals surface area contributed by atoms with E-state index in [1.807, 2.05) is 26.9 Å². The second-order valence-corrected chi connectivity index (χ2v) is 18.3. The lowest BCUT2D eigenvalue weighted by Crippen LogP contribution is -2.25. The van der Waals surface area contributed by atoms with E-state index < -0.39 is 13.4 Å². The van der Waals surface area contributed by atoms with Crippen LogP contribution in [0.1, 0.15) is 13.8 Å². The lowest BCUT2D eigenvalue weighted by atomic mass is 10.6. The molecule has 72 valence electrons. The van der Waals surface area contributed by atoms with Crippen molar-refractivity contribution in [3.8, 4) is 0 Å². The number of hydrogen-bond donors (Lipinski definition) is 0. The Kier molecular flexibility index (Phi) is 4.71. The van der Waals surface area contributed by atoms with Crippen LogP contribution in [0.2, 0.25) is 13.1 Å². The third-order valence-electron chi connectivity index (χ3n) is 1.88. The summed E-state index contributed by atoms with van der Waals surface area (Å²) in [5.41, 5.74) is 0. The largest absolute Gasteiger partial charge is 0.273 e. The zero-order chi connectivity index (χ0) is 10.2. The van der Waals surface area contributed by atoms with Gasteiger partial charge in [-0.15, -0.1) is 44.3 Å². The lowest BCUT2D eigenvalue weighted by Gasteiger charge is -2.20. The van der Waals surface area contributed by atoms with E-state index in [9.17, 15) is 0 Å². The molecular formula is C6H12Cl4Si2. The molecule has 0 saturated carbocycles. The summed E-state index contributed by atoms with van der Waals surface area (Å²) < 4.78 is 0. The minimum absolute atomic E-state index is 0.991. The standard InChI is InChI=1S/C6H12Cl4Si2/c1-5(11(3,7)8)6(2)12(4,9)10/h1-4H3. The quantitative estimate of drug-likeness (QED) is 0.516. The first kappa shape index (κ1) is 13.3. The molecular weight excluding hydrogens is 270 g/mol. The Bertz CT molecular complexity index is 177. The number of allylic oxidation sites excluding steroid dienone is 2. The van der Waals surface area contributed by atoms with Crippen LogP contribution < -0.4 is 0 Å². The minimum atomic E-state index is -2.24. The number of hydrogen-bond acceptors (Lipinski definition) is 0. The molecule has 0 N–H and O–H groups in total. The Morgan fingerprint density at radius 2 is 0.917 bits per heavy atom. The van der Waals surface area contributed by atoms with Crippen LogP contribution in [0.3, 0.4) is 0 Å². The van der Waals surface area contributed by atoms with Gasteiger partial charge < -0.3 is 0 Å². The maximum Gasteiger partial charge on any atom is 0.273 e. The maximum atomic E-state index is 6.04. The zero-order valence-electron chi connectivity index (χ0n) is 7.51. The molecule has 0 radical (unpaired) electrons. The fourth-order valence-corrected chi connectivity index (χ4v) is 6.13. The first-order valence-electron chi connectivity index (χ1n) is 3.51. The Morgan fingerprint density at radius 1 is 0.750 bits per heavy atom. The SMILES string of the molecule is CC(=C(C)[Si](C)(Cl)Cl)[Si](C)(Cl)Cl. The van der Waals surface area contributed by atoms with Crippen molar-refractivity contribution in [2.75, 3.05) is 0 Å². The molecule has 0 fully saturated rings. The molecule has 0 bridgehead atoms. The van der Waals surface area contributed by atoms with E-state index in [1.54, 1.807) is 0 Å². The van der Waals surface area contributed by atoms with Crippen molar-refractivity contribution in [2.45, 2.75) is 26.9 Å². The van der Waals surface area contributed by atoms with Gasteiger partial charge >= 0.3 is 0 Å². The van der Waals surface area contributed by atoms with Gasteiger partial charge in [-0.05, 0) is 26.9 Å². The monoisotopic (exact) mass is 280 g/mol. The number of halogens is 4. The van der Waals surface area contributed by atoms with Gasteiger partial charge in [0.05, 0.1) is 0 Å². The molecule has 0 saturated heterocycles. The van der Waals surface area contributed by atoms with Crippen LogP contribution in [0, 0.1) is 0 Å². The van der Waals surface area contributed by atoms with Crippen molar-refractivity contribution >= 4 is 57.7 Å². The maximum absolute atomic E-state index is 6.04. The summed E-state index contributed by atoms with van der Waals surface area (Å²) in [6, 6.07) is 0. The van der Waals surface area contributed by atoms with Crippen molar-refractivity contribution < 1.29 is 0 Å². The highest BCUT2D eigenvalue weighted by molar-refractivity contribution is 7.51. The van der Waals surface area contributed by atoms with Crippen molar-refractivity contribution in [1.82, 2.24) is 0 Å². The minimum Gasteiger partial charge on any atom is -0.140 e. The molecule has 0 aliphatic rings. The van der Waals surface area contributed by atoms with E-state index in [0.717, 1.165) is 10.4 Å². The highest BCUT2D eigenvalue weighted by Gasteiger charge is 2.32. The average Bonchev–Trinajstić information content (AvgIpc) is 1.80. The molecule has 0 rings (SSSR count). The highest BCUT2D eigenvalue weighted by Crippen LogP contribution is 2.33. The smallest absolute Gasteiger partial charge is 0.140 e. The van der Waals surface area contributed by atoms with E-state index in [0.29, 0.717) is 0 Å². The van der Waals surface area contributed by atoms with Crippen molar-refractivity contribution in [1.29, 1.82) is 0 Å². The number of rotatable bonds is 2. The molecule has 6 heteroatoms. The molecule has 12 heavy (non-hydrogen) atoms. The van der Waals surface area contributed by atoms with Gasteiger partial charge in [0.2, 0.25) is 0 Å². The predicted molar refractivity (Wildman–Crippen MR) is 65.0 cm³/mol. The fourth-order valence-electron chi connectivity index (χ4n) is 0.658. The Hall–Kier alpha value is 1.33. The first-order valence-corrected chi connectivity index (χ1v) is 12.6. The highest BCUT2D eigenvalue weighted by atomic mass is 35.7. The first-order chi connectivity index (χ1) is 5.07. The second-order valence-electron chi connectivity index (χ2n) is 3.03. The third kappa shape index (κ3) is 4.03. The second kappa shape index (κ2) is 4.24. The molecule has 0 aromatic rings. The Morgan fingerprint density at radius 3 is 1.00 bits per heavy atom. The molecule has 0 aliphatic heterocycles. The van der Waals surface area contributed by atoms with E-state index in [2.05, 4.69) is 0 Å². The van der Waals surface area contributed by atoms with Gasteiger partial charge in [0.25, 0.3) is 13.4 Å². The molecule has 0 amide bonds. The van der Waals surface area contributed by atoms with E-state index in [-0.39, 0.29) is 0 Å². The van der Waals surface area contributed by atoms with Crippen molar-refractivity contribution in [3.05, 3.63) is 10.4 Å². The Labute approximate surface area is 94.7 Å². The summed E-state index contributed by atoms with van der Waals surface area (Å²) in [7, 11) is 0. The summed E-state index contributed by atoms with van der Waals surface area (Å²) in [6.45, 7) is 3.04. The molecule has 0 unspecified atom stereocenters. The molecule has 0 spiro atoms. The molecule has 0 atom stereocenters. The van der Waals surface area contributed by atoms with Crippen LogP contribution in [0.15, 0.2) is 10.4 Å². The van der Waals surface area contributed by atoms with E-state index in [1.165, 1.54) is 0 Å². The van der Waals surface area contributed by atoms with Gasteiger partial charge in [-0.2, -0.15) is 0 Å². The molecule has 0 heterocycles. The van der Waals surface area contributed by atoms with Crippen LogP contribution in [-0.2, 0) is 0 Å². The topological polar surface area (TPSA) is 0 Å². The molecule has 0 aromatic carbocycles. The summed E-state index contributed by atoms with van der Waals surface area (Å²) in [5, 5.41) is 1.98. The van der Waals surface area contributed by atoms with Gasteiger partial charge in [-0.1, -0.05) is 10.4 Å². The molecule has 0 aromatic heterocycles. The van der Waals surface area contributed by atoms with Crippen molar-refractivity contribution in [3.63, 3.8) is 0 Å². The van der Waals surface area contributed by atoms with Crippen LogP contribution in [0.4, 0.5) is 0 Å². The summed E-state index contributed by atoms with van der Waals surface area (Å²) >= 11 is 24.1. The fraction of sp³-hybridized carbons (Fsp3) is 0.667. The van der Waals surface area contributed by atoms with E-state index >= 15 is 0 Å². The Balaban J connectivity index is 4.96. The van der Waals surface area contributed by atoms with Crippen molar-refractivity contribution in [2.24, 2.45) is 0 Å². The normalized spacial score (nSPS) is 16.0. The average molecular weight is 282 g/mol. The van der Waals surface area contributed by atoms with Gasteiger partial charge in [0.1, 0.15) is 0 Å². The lowest BCUT2D eigenvalue weighted by molar-refractivity contribution is 1.49. The zero-order valence-corrected chi connectivity index (χ0v) is 12.5. The summed E-state index contributed by atoms with van der Waals surface area (Å²) in [5.74, 6) is 0. The van der Waals surface area contributed by atoms with Crippen LogP contribution in [-0.4, -0.2) is 13.4 Å². The molecule has 0 nitrogen and oxygen atoms in total. The van der Waals surface area contributed by atoms with Gasteiger partial charge in [0, 0.05) is 0 Å². The predicted octanol–water partition coefficient (Wildman–Crippen LogP) is 4.50. The molecule has 0 aliphatic carbocycles.